The number of piperidine rings is 1. The Kier molecular flexibility index (Phi) is 5.10. The van der Waals surface area contributed by atoms with Crippen LogP contribution in [0.4, 0.5) is 0 Å². The van der Waals surface area contributed by atoms with Gasteiger partial charge in [0.25, 0.3) is 0 Å². The zero-order valence-corrected chi connectivity index (χ0v) is 13.2. The van der Waals surface area contributed by atoms with Crippen LogP contribution in [-0.4, -0.2) is 53.2 Å². The number of carbonyl (C=O) groups excluding carboxylic acids is 1. The van der Waals surface area contributed by atoms with E-state index in [0.717, 1.165) is 32.2 Å². The molecule has 1 unspecified atom stereocenters. The molecule has 0 saturated carbocycles. The van der Waals surface area contributed by atoms with Gasteiger partial charge in [0.1, 0.15) is 6.10 Å². The molecule has 0 bridgehead atoms. The van der Waals surface area contributed by atoms with Gasteiger partial charge in [-0.15, -0.1) is 0 Å². The van der Waals surface area contributed by atoms with Crippen LogP contribution in [0.25, 0.3) is 0 Å². The van der Waals surface area contributed by atoms with Crippen molar-refractivity contribution in [2.45, 2.75) is 31.8 Å². The van der Waals surface area contributed by atoms with Gasteiger partial charge < -0.3 is 14.4 Å². The zero-order chi connectivity index (χ0) is 15.4. The van der Waals surface area contributed by atoms with Crippen molar-refractivity contribution >= 4 is 17.5 Å². The molecule has 3 heterocycles. The third-order valence-electron chi connectivity index (χ3n) is 4.13. The molecule has 3 rings (SSSR count). The Labute approximate surface area is 134 Å². The zero-order valence-electron chi connectivity index (χ0n) is 12.4. The molecule has 120 valence electrons. The summed E-state index contributed by atoms with van der Waals surface area (Å²) in [5, 5.41) is 0.479. The molecule has 2 aliphatic rings. The van der Waals surface area contributed by atoms with Crippen molar-refractivity contribution in [3.63, 3.8) is 0 Å². The fourth-order valence-corrected chi connectivity index (χ4v) is 3.05. The molecule has 0 radical (unpaired) electrons. The Morgan fingerprint density at radius 3 is 2.73 bits per heavy atom. The van der Waals surface area contributed by atoms with Crippen LogP contribution in [0.2, 0.25) is 5.02 Å². The highest BCUT2D eigenvalue weighted by atomic mass is 35.5. The van der Waals surface area contributed by atoms with Gasteiger partial charge in [0.15, 0.2) is 0 Å². The Balaban J connectivity index is 1.56. The fraction of sp³-hybridized carbons (Fsp3) is 0.667. The van der Waals surface area contributed by atoms with E-state index in [9.17, 15) is 4.79 Å². The molecule has 1 aromatic heterocycles. The molecular weight excluding hydrogens is 306 g/mol. The number of halogens is 1. The van der Waals surface area contributed by atoms with E-state index < -0.39 is 0 Å². The molecule has 0 aromatic carbocycles. The maximum atomic E-state index is 12.6. The number of rotatable bonds is 3. The molecule has 2 saturated heterocycles. The molecule has 2 fully saturated rings. The minimum absolute atomic E-state index is 0.0567. The first-order valence-electron chi connectivity index (χ1n) is 7.73. The van der Waals surface area contributed by atoms with Crippen molar-refractivity contribution in [3.8, 4) is 6.01 Å². The predicted octanol–water partition coefficient (Wildman–Crippen LogP) is 1.93. The summed E-state index contributed by atoms with van der Waals surface area (Å²) in [5.41, 5.74) is 0. The van der Waals surface area contributed by atoms with Gasteiger partial charge in [0, 0.05) is 25.7 Å². The molecule has 0 aliphatic carbocycles. The topological polar surface area (TPSA) is 64.5 Å². The third kappa shape index (κ3) is 3.87. The Hall–Kier alpha value is -1.40. The highest BCUT2D eigenvalue weighted by Crippen LogP contribution is 2.22. The molecule has 1 aromatic rings. The van der Waals surface area contributed by atoms with E-state index >= 15 is 0 Å². The lowest BCUT2D eigenvalue weighted by atomic mass is 9.97. The van der Waals surface area contributed by atoms with E-state index in [-0.39, 0.29) is 17.9 Å². The largest absolute Gasteiger partial charge is 0.458 e. The monoisotopic (exact) mass is 325 g/mol. The number of aromatic nitrogens is 2. The minimum Gasteiger partial charge on any atom is -0.458 e. The minimum atomic E-state index is -0.0567. The van der Waals surface area contributed by atoms with Crippen molar-refractivity contribution in [2.75, 3.05) is 26.3 Å². The van der Waals surface area contributed by atoms with Crippen LogP contribution in [0.5, 0.6) is 6.01 Å². The predicted molar refractivity (Wildman–Crippen MR) is 80.8 cm³/mol. The lowest BCUT2D eigenvalue weighted by molar-refractivity contribution is -0.141. The molecular formula is C15H20ClN3O3. The Bertz CT molecular complexity index is 505. The van der Waals surface area contributed by atoms with Crippen LogP contribution in [0.1, 0.15) is 25.7 Å². The molecule has 6 nitrogen and oxygen atoms in total. The molecule has 0 N–H and O–H groups in total. The number of nitrogens with zero attached hydrogens (tertiary/aromatic N) is 3. The van der Waals surface area contributed by atoms with Gasteiger partial charge in [-0.2, -0.15) is 0 Å². The smallest absolute Gasteiger partial charge is 0.316 e. The number of amides is 1. The Morgan fingerprint density at radius 1 is 1.27 bits per heavy atom. The summed E-state index contributed by atoms with van der Waals surface area (Å²) in [5.74, 6) is 0.327. The summed E-state index contributed by atoms with van der Waals surface area (Å²) >= 11 is 5.76. The second-order valence-corrected chi connectivity index (χ2v) is 6.17. The first-order chi connectivity index (χ1) is 10.7. The average molecular weight is 326 g/mol. The summed E-state index contributed by atoms with van der Waals surface area (Å²) in [4.78, 5) is 22.6. The fourth-order valence-electron chi connectivity index (χ4n) is 2.95. The van der Waals surface area contributed by atoms with Gasteiger partial charge in [-0.25, -0.2) is 9.97 Å². The molecule has 22 heavy (non-hydrogen) atoms. The summed E-state index contributed by atoms with van der Waals surface area (Å²) < 4.78 is 11.1. The van der Waals surface area contributed by atoms with Crippen LogP contribution in [0.15, 0.2) is 12.4 Å². The maximum absolute atomic E-state index is 12.6. The molecule has 1 atom stereocenters. The van der Waals surface area contributed by atoms with Crippen LogP contribution >= 0.6 is 11.6 Å². The summed E-state index contributed by atoms with van der Waals surface area (Å²) in [6.45, 7) is 2.77. The summed E-state index contributed by atoms with van der Waals surface area (Å²) in [6.07, 6.45) is 6.45. The quantitative estimate of drug-likeness (QED) is 0.849. The van der Waals surface area contributed by atoms with E-state index in [4.69, 9.17) is 21.1 Å². The Morgan fingerprint density at radius 2 is 2.00 bits per heavy atom. The second kappa shape index (κ2) is 7.24. The third-order valence-corrected chi connectivity index (χ3v) is 4.32. The number of likely N-dealkylation sites (tertiary alicyclic amines) is 1. The molecule has 7 heteroatoms. The molecule has 2 aliphatic heterocycles. The van der Waals surface area contributed by atoms with E-state index in [2.05, 4.69) is 9.97 Å². The van der Waals surface area contributed by atoms with Crippen molar-refractivity contribution < 1.29 is 14.3 Å². The van der Waals surface area contributed by atoms with Crippen LogP contribution in [0.3, 0.4) is 0 Å². The number of hydrogen-bond donors (Lipinski definition) is 0. The maximum Gasteiger partial charge on any atom is 0.316 e. The van der Waals surface area contributed by atoms with Crippen molar-refractivity contribution in [1.29, 1.82) is 0 Å². The number of hydrogen-bond acceptors (Lipinski definition) is 5. The van der Waals surface area contributed by atoms with E-state index in [0.29, 0.717) is 30.8 Å². The van der Waals surface area contributed by atoms with Crippen LogP contribution < -0.4 is 4.74 Å². The first-order valence-corrected chi connectivity index (χ1v) is 8.11. The van der Waals surface area contributed by atoms with Gasteiger partial charge in [0.05, 0.1) is 24.0 Å². The van der Waals surface area contributed by atoms with Crippen molar-refractivity contribution in [1.82, 2.24) is 14.9 Å². The standard InChI is InChI=1S/C15H20ClN3O3/c16-12-8-17-15(18-9-12)22-13-2-1-5-19(10-13)14(20)11-3-6-21-7-4-11/h8-9,11,13H,1-7,10H2. The number of carbonyl (C=O) groups is 1. The lowest BCUT2D eigenvalue weighted by Crippen LogP contribution is -2.47. The molecule has 0 spiro atoms. The van der Waals surface area contributed by atoms with Crippen LogP contribution in [0, 0.1) is 5.92 Å². The summed E-state index contributed by atoms with van der Waals surface area (Å²) in [7, 11) is 0. The van der Waals surface area contributed by atoms with Gasteiger partial charge in [-0.3, -0.25) is 4.79 Å². The normalized spacial score (nSPS) is 23.3. The van der Waals surface area contributed by atoms with E-state index in [1.807, 2.05) is 4.90 Å². The highest BCUT2D eigenvalue weighted by Gasteiger charge is 2.30. The van der Waals surface area contributed by atoms with Gasteiger partial charge in [0.2, 0.25) is 5.91 Å². The second-order valence-electron chi connectivity index (χ2n) is 5.74. The molecule has 1 amide bonds. The highest BCUT2D eigenvalue weighted by molar-refractivity contribution is 6.30. The first kappa shape index (κ1) is 15.5. The van der Waals surface area contributed by atoms with Crippen molar-refractivity contribution in [2.24, 2.45) is 5.92 Å². The number of ether oxygens (including phenoxy) is 2. The van der Waals surface area contributed by atoms with Gasteiger partial charge in [-0.05, 0) is 25.7 Å². The SMILES string of the molecule is O=C(C1CCOCC1)N1CCCC(Oc2ncc(Cl)cn2)C1. The van der Waals surface area contributed by atoms with Crippen LogP contribution in [-0.2, 0) is 9.53 Å². The van der Waals surface area contributed by atoms with E-state index in [1.54, 1.807) is 0 Å². The average Bonchev–Trinajstić information content (AvgIpc) is 2.57. The van der Waals surface area contributed by atoms with Gasteiger partial charge >= 0.3 is 6.01 Å². The van der Waals surface area contributed by atoms with Crippen molar-refractivity contribution in [3.05, 3.63) is 17.4 Å². The lowest BCUT2D eigenvalue weighted by Gasteiger charge is -2.35. The summed E-state index contributed by atoms with van der Waals surface area (Å²) in [6, 6.07) is 0.315. The van der Waals surface area contributed by atoms with Gasteiger partial charge in [-0.1, -0.05) is 11.6 Å². The van der Waals surface area contributed by atoms with E-state index in [1.165, 1.54) is 12.4 Å².